The molecular weight excluding hydrogens is 285 g/mol. The zero-order chi connectivity index (χ0) is 15.5. The summed E-state index contributed by atoms with van der Waals surface area (Å²) < 4.78 is 13.3. The van der Waals surface area contributed by atoms with Crippen molar-refractivity contribution in [1.29, 1.82) is 0 Å². The predicted octanol–water partition coefficient (Wildman–Crippen LogP) is 3.10. The number of carboxylic acids is 1. The van der Waals surface area contributed by atoms with Crippen molar-refractivity contribution in [3.05, 3.63) is 34.6 Å². The van der Waals surface area contributed by atoms with Gasteiger partial charge in [0.05, 0.1) is 11.4 Å². The molecule has 0 saturated heterocycles. The molecule has 2 N–H and O–H groups in total. The van der Waals surface area contributed by atoms with Gasteiger partial charge in [0.1, 0.15) is 5.82 Å². The Hall–Kier alpha value is -1.62. The van der Waals surface area contributed by atoms with Crippen molar-refractivity contribution < 1.29 is 19.1 Å². The van der Waals surface area contributed by atoms with Gasteiger partial charge in [0, 0.05) is 11.6 Å². The molecule has 0 aliphatic heterocycles. The lowest BCUT2D eigenvalue weighted by molar-refractivity contribution is -0.138. The smallest absolute Gasteiger partial charge is 0.305 e. The summed E-state index contributed by atoms with van der Waals surface area (Å²) in [6.45, 7) is 5.47. The number of amides is 1. The van der Waals surface area contributed by atoms with Gasteiger partial charge in [0.2, 0.25) is 0 Å². The van der Waals surface area contributed by atoms with E-state index in [-0.39, 0.29) is 17.0 Å². The number of nitrogens with one attached hydrogen (secondary N) is 1. The van der Waals surface area contributed by atoms with Crippen LogP contribution in [0.25, 0.3) is 0 Å². The summed E-state index contributed by atoms with van der Waals surface area (Å²) in [4.78, 5) is 22.9. The summed E-state index contributed by atoms with van der Waals surface area (Å²) in [5.74, 6) is -2.22. The van der Waals surface area contributed by atoms with Gasteiger partial charge in [-0.05, 0) is 23.6 Å². The first-order chi connectivity index (χ1) is 9.11. The van der Waals surface area contributed by atoms with E-state index in [9.17, 15) is 14.0 Å². The van der Waals surface area contributed by atoms with Crippen molar-refractivity contribution in [3.8, 4) is 0 Å². The molecule has 1 unspecified atom stereocenters. The van der Waals surface area contributed by atoms with Gasteiger partial charge >= 0.3 is 5.97 Å². The molecular formula is C14H17ClFNO3. The second-order valence-corrected chi connectivity index (χ2v) is 6.03. The van der Waals surface area contributed by atoms with Crippen molar-refractivity contribution in [3.63, 3.8) is 0 Å². The maximum absolute atomic E-state index is 13.3. The molecule has 20 heavy (non-hydrogen) atoms. The Kier molecular flexibility index (Phi) is 5.11. The molecule has 6 heteroatoms. The van der Waals surface area contributed by atoms with Crippen LogP contribution in [0.15, 0.2) is 18.2 Å². The third kappa shape index (κ3) is 4.49. The van der Waals surface area contributed by atoms with Crippen LogP contribution in [0.5, 0.6) is 0 Å². The summed E-state index contributed by atoms with van der Waals surface area (Å²) >= 11 is 5.55. The number of carbonyl (C=O) groups excluding carboxylic acids is 1. The molecule has 1 amide bonds. The SMILES string of the molecule is CC(C)(C)C(CC(=O)O)NC(=O)c1ccc(Cl)c(F)c1. The van der Waals surface area contributed by atoms with Crippen LogP contribution in [0.2, 0.25) is 5.02 Å². The quantitative estimate of drug-likeness (QED) is 0.898. The van der Waals surface area contributed by atoms with Crippen LogP contribution < -0.4 is 5.32 Å². The lowest BCUT2D eigenvalue weighted by Gasteiger charge is -2.30. The molecule has 1 aromatic rings. The van der Waals surface area contributed by atoms with Gasteiger partial charge in [-0.15, -0.1) is 0 Å². The largest absolute Gasteiger partial charge is 0.481 e. The highest BCUT2D eigenvalue weighted by Crippen LogP contribution is 2.23. The zero-order valence-electron chi connectivity index (χ0n) is 11.5. The fraction of sp³-hybridized carbons (Fsp3) is 0.429. The van der Waals surface area contributed by atoms with Crippen molar-refractivity contribution in [2.24, 2.45) is 5.41 Å². The average Bonchev–Trinajstić information content (AvgIpc) is 2.30. The van der Waals surface area contributed by atoms with Crippen molar-refractivity contribution in [2.45, 2.75) is 33.2 Å². The van der Waals surface area contributed by atoms with Crippen molar-refractivity contribution in [1.82, 2.24) is 5.32 Å². The Morgan fingerprint density at radius 3 is 2.45 bits per heavy atom. The fourth-order valence-electron chi connectivity index (χ4n) is 1.63. The molecule has 0 aliphatic carbocycles. The zero-order valence-corrected chi connectivity index (χ0v) is 12.3. The van der Waals surface area contributed by atoms with Gasteiger partial charge in [-0.2, -0.15) is 0 Å². The molecule has 0 bridgehead atoms. The lowest BCUT2D eigenvalue weighted by Crippen LogP contribution is -2.45. The highest BCUT2D eigenvalue weighted by atomic mass is 35.5. The van der Waals surface area contributed by atoms with Gasteiger partial charge in [0.25, 0.3) is 5.91 Å². The Balaban J connectivity index is 2.90. The number of carboxylic acid groups (broad SMARTS) is 1. The second kappa shape index (κ2) is 6.22. The summed E-state index contributed by atoms with van der Waals surface area (Å²) in [6, 6.07) is 3.14. The molecule has 0 heterocycles. The molecule has 0 aromatic heterocycles. The maximum atomic E-state index is 13.3. The predicted molar refractivity (Wildman–Crippen MR) is 74.4 cm³/mol. The van der Waals surface area contributed by atoms with Crippen LogP contribution >= 0.6 is 11.6 Å². The van der Waals surface area contributed by atoms with Gasteiger partial charge in [-0.3, -0.25) is 9.59 Å². The monoisotopic (exact) mass is 301 g/mol. The van der Waals surface area contributed by atoms with Crippen LogP contribution in [-0.4, -0.2) is 23.0 Å². The molecule has 0 saturated carbocycles. The number of hydrogen-bond acceptors (Lipinski definition) is 2. The molecule has 110 valence electrons. The molecule has 4 nitrogen and oxygen atoms in total. The van der Waals surface area contributed by atoms with E-state index in [0.29, 0.717) is 0 Å². The lowest BCUT2D eigenvalue weighted by atomic mass is 9.84. The van der Waals surface area contributed by atoms with E-state index in [1.807, 2.05) is 20.8 Å². The number of aliphatic carboxylic acids is 1. The van der Waals surface area contributed by atoms with Crippen molar-refractivity contribution in [2.75, 3.05) is 0 Å². The molecule has 0 radical (unpaired) electrons. The highest BCUT2D eigenvalue weighted by Gasteiger charge is 2.28. The first kappa shape index (κ1) is 16.4. The van der Waals surface area contributed by atoms with E-state index in [2.05, 4.69) is 5.32 Å². The molecule has 0 spiro atoms. The Labute approximate surface area is 121 Å². The summed E-state index contributed by atoms with van der Waals surface area (Å²) in [6.07, 6.45) is -0.203. The first-order valence-corrected chi connectivity index (χ1v) is 6.46. The highest BCUT2D eigenvalue weighted by molar-refractivity contribution is 6.30. The topological polar surface area (TPSA) is 66.4 Å². The van der Waals surface area contributed by atoms with Crippen LogP contribution in [-0.2, 0) is 4.79 Å². The minimum absolute atomic E-state index is 0.0699. The van der Waals surface area contributed by atoms with Crippen LogP contribution in [0.1, 0.15) is 37.6 Å². The minimum Gasteiger partial charge on any atom is -0.481 e. The van der Waals surface area contributed by atoms with Gasteiger partial charge in [-0.25, -0.2) is 4.39 Å². The van der Waals surface area contributed by atoms with Gasteiger partial charge in [-0.1, -0.05) is 32.4 Å². The summed E-state index contributed by atoms with van der Waals surface area (Å²) in [7, 11) is 0. The standard InChI is InChI=1S/C14H17ClFNO3/c1-14(2,3)11(7-12(18)19)17-13(20)8-4-5-9(15)10(16)6-8/h4-6,11H,7H2,1-3H3,(H,17,20)(H,18,19). The van der Waals surface area contributed by atoms with E-state index < -0.39 is 29.2 Å². The first-order valence-electron chi connectivity index (χ1n) is 6.09. The molecule has 0 aliphatic rings. The normalized spacial score (nSPS) is 12.8. The van der Waals surface area contributed by atoms with Gasteiger partial charge < -0.3 is 10.4 Å². The van der Waals surface area contributed by atoms with Gasteiger partial charge in [0.15, 0.2) is 0 Å². The van der Waals surface area contributed by atoms with E-state index in [1.165, 1.54) is 12.1 Å². The Bertz CT molecular complexity index is 526. The minimum atomic E-state index is -1.01. The van der Waals surface area contributed by atoms with E-state index in [4.69, 9.17) is 16.7 Å². The Morgan fingerprint density at radius 2 is 2.00 bits per heavy atom. The number of halogens is 2. The van der Waals surface area contributed by atoms with Crippen molar-refractivity contribution >= 4 is 23.5 Å². The molecule has 0 fully saturated rings. The number of hydrogen-bond donors (Lipinski definition) is 2. The van der Waals surface area contributed by atoms with Crippen LogP contribution in [0, 0.1) is 11.2 Å². The molecule has 1 aromatic carbocycles. The number of benzene rings is 1. The Morgan fingerprint density at radius 1 is 1.40 bits per heavy atom. The third-order valence-corrected chi connectivity index (χ3v) is 3.22. The number of rotatable bonds is 4. The third-order valence-electron chi connectivity index (χ3n) is 2.91. The van der Waals surface area contributed by atoms with E-state index in [0.717, 1.165) is 6.07 Å². The van der Waals surface area contributed by atoms with Crippen LogP contribution in [0.4, 0.5) is 4.39 Å². The van der Waals surface area contributed by atoms with Crippen LogP contribution in [0.3, 0.4) is 0 Å². The van der Waals surface area contributed by atoms with E-state index in [1.54, 1.807) is 0 Å². The summed E-state index contributed by atoms with van der Waals surface area (Å²) in [5, 5.41) is 11.4. The van der Waals surface area contributed by atoms with E-state index >= 15 is 0 Å². The summed E-state index contributed by atoms with van der Waals surface area (Å²) in [5.41, 5.74) is -0.328. The molecule has 1 atom stereocenters. The average molecular weight is 302 g/mol. The maximum Gasteiger partial charge on any atom is 0.305 e. The fourth-order valence-corrected chi connectivity index (χ4v) is 1.74. The second-order valence-electron chi connectivity index (χ2n) is 5.62. The molecule has 1 rings (SSSR count). The number of carbonyl (C=O) groups is 2.